The van der Waals surface area contributed by atoms with Crippen molar-refractivity contribution in [3.8, 4) is 0 Å². The highest BCUT2D eigenvalue weighted by atomic mass is 16.5. The quantitative estimate of drug-likeness (QED) is 0.665. The first-order valence-corrected chi connectivity index (χ1v) is 4.09. The summed E-state index contributed by atoms with van der Waals surface area (Å²) in [6.07, 6.45) is 1.84. The molecule has 0 aliphatic carbocycles. The summed E-state index contributed by atoms with van der Waals surface area (Å²) in [5.41, 5.74) is 0. The Morgan fingerprint density at radius 2 is 2.55 bits per heavy atom. The maximum atomic E-state index is 10.7. The molecule has 1 atom stereocenters. The summed E-state index contributed by atoms with van der Waals surface area (Å²) < 4.78 is 5.36. The first kappa shape index (κ1) is 8.53. The Bertz CT molecular complexity index is 150. The number of nitrogens with one attached hydrogen (secondary N) is 1. The summed E-state index contributed by atoms with van der Waals surface area (Å²) in [5, 5.41) is 2.85. The monoisotopic (exact) mass is 159 g/mol. The number of ether oxygens (including phenoxy) is 1. The molecule has 1 aliphatic heterocycles. The van der Waals surface area contributed by atoms with Crippen LogP contribution in [0.1, 0.15) is 28.1 Å². The Balaban J connectivity index is 0.00000121. The van der Waals surface area contributed by atoms with Crippen LogP contribution in [0.3, 0.4) is 0 Å². The molecule has 0 aromatic heterocycles. The van der Waals surface area contributed by atoms with Crippen LogP contribution in [-0.4, -0.2) is 24.7 Å². The highest BCUT2D eigenvalue weighted by Gasteiger charge is 2.20. The van der Waals surface area contributed by atoms with Gasteiger partial charge in [0.2, 0.25) is 5.91 Å². The second-order valence-electron chi connectivity index (χ2n) is 3.19. The van der Waals surface area contributed by atoms with Crippen molar-refractivity contribution in [3.05, 3.63) is 0 Å². The van der Waals surface area contributed by atoms with Gasteiger partial charge in [0.25, 0.3) is 0 Å². The molecule has 1 heterocycles. The molecular formula is C8H17NO2. The van der Waals surface area contributed by atoms with E-state index < -0.39 is 0 Å². The van der Waals surface area contributed by atoms with Crippen molar-refractivity contribution in [2.75, 3.05) is 6.61 Å². The standard InChI is InChI=1S/C8H15NO2.H2/c1-6(2)11-5-7-3-4-8(10)9-7;/h6-7H,3-5H2,1-2H3,(H,9,10);1H. The minimum absolute atomic E-state index is 0. The van der Waals surface area contributed by atoms with Crippen LogP contribution in [0.4, 0.5) is 0 Å². The molecule has 1 unspecified atom stereocenters. The lowest BCUT2D eigenvalue weighted by Gasteiger charge is -2.12. The second kappa shape index (κ2) is 3.72. The van der Waals surface area contributed by atoms with Crippen molar-refractivity contribution in [2.45, 2.75) is 38.8 Å². The molecule has 3 heteroatoms. The minimum Gasteiger partial charge on any atom is -0.377 e. The molecule has 3 nitrogen and oxygen atoms in total. The molecule has 1 amide bonds. The topological polar surface area (TPSA) is 38.3 Å². The van der Waals surface area contributed by atoms with Crippen LogP contribution < -0.4 is 5.32 Å². The summed E-state index contributed by atoms with van der Waals surface area (Å²) in [7, 11) is 0. The Kier molecular flexibility index (Phi) is 2.88. The first-order valence-electron chi connectivity index (χ1n) is 4.09. The fraction of sp³-hybridized carbons (Fsp3) is 0.875. The average molecular weight is 159 g/mol. The fourth-order valence-electron chi connectivity index (χ4n) is 1.11. The Labute approximate surface area is 68.6 Å². The molecule has 11 heavy (non-hydrogen) atoms. The van der Waals surface area contributed by atoms with Gasteiger partial charge in [0.15, 0.2) is 0 Å². The molecular weight excluding hydrogens is 142 g/mol. The lowest BCUT2D eigenvalue weighted by atomic mass is 10.2. The molecule has 0 aromatic carbocycles. The van der Waals surface area contributed by atoms with E-state index in [9.17, 15) is 4.79 Å². The largest absolute Gasteiger partial charge is 0.377 e. The van der Waals surface area contributed by atoms with E-state index in [1.54, 1.807) is 0 Å². The highest BCUT2D eigenvalue weighted by Crippen LogP contribution is 2.07. The summed E-state index contributed by atoms with van der Waals surface area (Å²) in [5.74, 6) is 0.155. The molecule has 0 aromatic rings. The number of rotatable bonds is 3. The van der Waals surface area contributed by atoms with E-state index in [2.05, 4.69) is 5.32 Å². The number of carbonyl (C=O) groups excluding carboxylic acids is 1. The molecule has 0 radical (unpaired) electrons. The molecule has 1 aliphatic rings. The van der Waals surface area contributed by atoms with Crippen molar-refractivity contribution >= 4 is 5.91 Å². The van der Waals surface area contributed by atoms with E-state index in [4.69, 9.17) is 4.74 Å². The van der Waals surface area contributed by atoms with E-state index >= 15 is 0 Å². The molecule has 0 bridgehead atoms. The van der Waals surface area contributed by atoms with E-state index in [-0.39, 0.29) is 19.5 Å². The van der Waals surface area contributed by atoms with Crippen molar-refractivity contribution in [3.63, 3.8) is 0 Å². The van der Waals surface area contributed by atoms with Gasteiger partial charge < -0.3 is 10.1 Å². The maximum Gasteiger partial charge on any atom is 0.220 e. The number of amides is 1. The van der Waals surface area contributed by atoms with Gasteiger partial charge in [0.05, 0.1) is 18.8 Å². The van der Waals surface area contributed by atoms with Gasteiger partial charge in [-0.1, -0.05) is 0 Å². The summed E-state index contributed by atoms with van der Waals surface area (Å²) in [4.78, 5) is 10.7. The zero-order valence-electron chi connectivity index (χ0n) is 7.09. The number of carbonyl (C=O) groups is 1. The highest BCUT2D eigenvalue weighted by molar-refractivity contribution is 5.78. The average Bonchev–Trinajstić information content (AvgIpc) is 2.31. The van der Waals surface area contributed by atoms with Crippen molar-refractivity contribution in [2.24, 2.45) is 0 Å². The third-order valence-electron chi connectivity index (χ3n) is 1.72. The molecule has 66 valence electrons. The number of hydrogen-bond acceptors (Lipinski definition) is 2. The zero-order valence-corrected chi connectivity index (χ0v) is 7.09. The minimum atomic E-state index is 0. The normalized spacial score (nSPS) is 24.3. The summed E-state index contributed by atoms with van der Waals surface area (Å²) >= 11 is 0. The van der Waals surface area contributed by atoms with Gasteiger partial charge >= 0.3 is 0 Å². The Morgan fingerprint density at radius 3 is 3.00 bits per heavy atom. The van der Waals surface area contributed by atoms with Gasteiger partial charge in [-0.25, -0.2) is 0 Å². The molecule has 1 saturated heterocycles. The lowest BCUT2D eigenvalue weighted by Crippen LogP contribution is -2.30. The van der Waals surface area contributed by atoms with Crippen molar-refractivity contribution < 1.29 is 11.0 Å². The smallest absolute Gasteiger partial charge is 0.220 e. The molecule has 0 saturated carbocycles. The molecule has 1 N–H and O–H groups in total. The third-order valence-corrected chi connectivity index (χ3v) is 1.72. The summed E-state index contributed by atoms with van der Waals surface area (Å²) in [6, 6.07) is 0.255. The first-order chi connectivity index (χ1) is 5.18. The molecule has 1 rings (SSSR count). The van der Waals surface area contributed by atoms with Crippen LogP contribution in [0.2, 0.25) is 0 Å². The van der Waals surface area contributed by atoms with Gasteiger partial charge in [-0.3, -0.25) is 4.79 Å². The Hall–Kier alpha value is -0.570. The van der Waals surface area contributed by atoms with Crippen molar-refractivity contribution in [1.29, 1.82) is 0 Å². The maximum absolute atomic E-state index is 10.7. The van der Waals surface area contributed by atoms with Gasteiger partial charge in [-0.2, -0.15) is 0 Å². The predicted molar refractivity (Wildman–Crippen MR) is 44.4 cm³/mol. The van der Waals surface area contributed by atoms with E-state index in [0.717, 1.165) is 6.42 Å². The molecule has 0 spiro atoms. The predicted octanol–water partition coefficient (Wildman–Crippen LogP) is 0.936. The van der Waals surface area contributed by atoms with Crippen LogP contribution in [0.25, 0.3) is 0 Å². The Morgan fingerprint density at radius 1 is 1.82 bits per heavy atom. The third kappa shape index (κ3) is 2.89. The van der Waals surface area contributed by atoms with Gasteiger partial charge in [-0.05, 0) is 20.3 Å². The van der Waals surface area contributed by atoms with E-state index in [1.807, 2.05) is 13.8 Å². The van der Waals surface area contributed by atoms with E-state index in [0.29, 0.717) is 13.0 Å². The van der Waals surface area contributed by atoms with Crippen LogP contribution in [-0.2, 0) is 9.53 Å². The van der Waals surface area contributed by atoms with Crippen LogP contribution in [0, 0.1) is 0 Å². The van der Waals surface area contributed by atoms with Gasteiger partial charge in [-0.15, -0.1) is 0 Å². The van der Waals surface area contributed by atoms with Crippen LogP contribution in [0.5, 0.6) is 0 Å². The second-order valence-corrected chi connectivity index (χ2v) is 3.19. The van der Waals surface area contributed by atoms with Crippen LogP contribution in [0.15, 0.2) is 0 Å². The number of hydrogen-bond donors (Lipinski definition) is 1. The summed E-state index contributed by atoms with van der Waals surface area (Å²) in [6.45, 7) is 4.65. The van der Waals surface area contributed by atoms with Gasteiger partial charge in [0, 0.05) is 7.85 Å². The lowest BCUT2D eigenvalue weighted by molar-refractivity contribution is -0.119. The SMILES string of the molecule is CC(C)OCC1CCC(=O)N1.[HH]. The van der Waals surface area contributed by atoms with E-state index in [1.165, 1.54) is 0 Å². The van der Waals surface area contributed by atoms with Gasteiger partial charge in [0.1, 0.15) is 0 Å². The van der Waals surface area contributed by atoms with Crippen molar-refractivity contribution in [1.82, 2.24) is 5.32 Å². The molecule has 1 fully saturated rings. The fourth-order valence-corrected chi connectivity index (χ4v) is 1.11. The van der Waals surface area contributed by atoms with Crippen LogP contribution >= 0.6 is 0 Å². The zero-order chi connectivity index (χ0) is 8.27.